The maximum atomic E-state index is 6.17. The molecule has 1 nitrogen and oxygen atoms in total. The highest BCUT2D eigenvalue weighted by atomic mass is 14.7. The van der Waals surface area contributed by atoms with Gasteiger partial charge in [0.15, 0.2) is 0 Å². The Bertz CT molecular complexity index is 412. The van der Waals surface area contributed by atoms with Crippen LogP contribution in [0.15, 0.2) is 24.3 Å². The Morgan fingerprint density at radius 2 is 2.00 bits per heavy atom. The lowest BCUT2D eigenvalue weighted by molar-refractivity contribution is 0.329. The highest BCUT2D eigenvalue weighted by molar-refractivity contribution is 5.32. The summed E-state index contributed by atoms with van der Waals surface area (Å²) in [5, 5.41) is 0. The van der Waals surface area contributed by atoms with E-state index in [9.17, 15) is 0 Å². The van der Waals surface area contributed by atoms with E-state index in [1.54, 1.807) is 11.1 Å². The van der Waals surface area contributed by atoms with E-state index < -0.39 is 0 Å². The first-order chi connectivity index (χ1) is 8.75. The van der Waals surface area contributed by atoms with E-state index in [2.05, 4.69) is 31.2 Å². The first-order valence-corrected chi connectivity index (χ1v) is 7.59. The van der Waals surface area contributed by atoms with Gasteiger partial charge in [0.2, 0.25) is 0 Å². The van der Waals surface area contributed by atoms with Crippen molar-refractivity contribution >= 4 is 0 Å². The molecule has 0 amide bonds. The first-order valence-electron chi connectivity index (χ1n) is 7.59. The molecule has 2 aliphatic carbocycles. The molecule has 0 saturated heterocycles. The minimum atomic E-state index is 0.453. The molecular formula is C17H25N. The summed E-state index contributed by atoms with van der Waals surface area (Å²) in [4.78, 5) is 0. The number of fused-ring (bicyclic) bond motifs is 1. The lowest BCUT2D eigenvalue weighted by atomic mass is 9.76. The number of benzene rings is 1. The van der Waals surface area contributed by atoms with Crippen LogP contribution in [0.3, 0.4) is 0 Å². The van der Waals surface area contributed by atoms with Gasteiger partial charge in [-0.1, -0.05) is 31.2 Å². The lowest BCUT2D eigenvalue weighted by Gasteiger charge is -2.29. The van der Waals surface area contributed by atoms with E-state index in [1.807, 2.05) is 0 Å². The Morgan fingerprint density at radius 1 is 1.17 bits per heavy atom. The van der Waals surface area contributed by atoms with Crippen LogP contribution >= 0.6 is 0 Å². The predicted molar refractivity (Wildman–Crippen MR) is 76.6 cm³/mol. The van der Waals surface area contributed by atoms with Crippen LogP contribution in [0, 0.1) is 11.8 Å². The SMILES string of the molecule is CC1C(N)CCC1CC1CCCc2ccccc21. The van der Waals surface area contributed by atoms with Crippen LogP contribution in [0.4, 0.5) is 0 Å². The van der Waals surface area contributed by atoms with E-state index in [-0.39, 0.29) is 0 Å². The summed E-state index contributed by atoms with van der Waals surface area (Å²) in [7, 11) is 0. The van der Waals surface area contributed by atoms with Crippen LogP contribution in [0.5, 0.6) is 0 Å². The first kappa shape index (κ1) is 12.2. The van der Waals surface area contributed by atoms with Gasteiger partial charge in [-0.05, 0) is 67.4 Å². The maximum Gasteiger partial charge on any atom is 0.00672 e. The number of rotatable bonds is 2. The fraction of sp³-hybridized carbons (Fsp3) is 0.647. The molecule has 4 unspecified atom stereocenters. The molecular weight excluding hydrogens is 218 g/mol. The van der Waals surface area contributed by atoms with Gasteiger partial charge in [-0.15, -0.1) is 0 Å². The van der Waals surface area contributed by atoms with E-state index in [4.69, 9.17) is 5.73 Å². The Morgan fingerprint density at radius 3 is 2.78 bits per heavy atom. The molecule has 18 heavy (non-hydrogen) atoms. The van der Waals surface area contributed by atoms with Crippen LogP contribution in [-0.4, -0.2) is 6.04 Å². The van der Waals surface area contributed by atoms with Gasteiger partial charge in [-0.2, -0.15) is 0 Å². The van der Waals surface area contributed by atoms with Gasteiger partial charge >= 0.3 is 0 Å². The number of hydrogen-bond acceptors (Lipinski definition) is 1. The molecule has 0 radical (unpaired) electrons. The third-order valence-electron chi connectivity index (χ3n) is 5.37. The van der Waals surface area contributed by atoms with Crippen molar-refractivity contribution in [3.8, 4) is 0 Å². The molecule has 0 aliphatic heterocycles. The molecule has 1 heteroatoms. The van der Waals surface area contributed by atoms with Crippen molar-refractivity contribution < 1.29 is 0 Å². The molecule has 0 heterocycles. The quantitative estimate of drug-likeness (QED) is 0.838. The Balaban J connectivity index is 1.75. The van der Waals surface area contributed by atoms with Crippen molar-refractivity contribution in [3.05, 3.63) is 35.4 Å². The van der Waals surface area contributed by atoms with Crippen LogP contribution in [-0.2, 0) is 6.42 Å². The summed E-state index contributed by atoms with van der Waals surface area (Å²) < 4.78 is 0. The molecule has 2 aliphatic rings. The molecule has 1 saturated carbocycles. The minimum Gasteiger partial charge on any atom is -0.327 e. The standard InChI is InChI=1S/C17H25N/c1-12-14(9-10-17(12)18)11-15-7-4-6-13-5-2-3-8-16(13)15/h2-3,5,8,12,14-15,17H,4,6-7,9-11,18H2,1H3. The normalized spacial score (nSPS) is 35.4. The van der Waals surface area contributed by atoms with E-state index in [1.165, 1.54) is 38.5 Å². The van der Waals surface area contributed by atoms with Gasteiger partial charge in [0, 0.05) is 6.04 Å². The van der Waals surface area contributed by atoms with Crippen molar-refractivity contribution in [3.63, 3.8) is 0 Å². The summed E-state index contributed by atoms with van der Waals surface area (Å²) in [6.45, 7) is 2.36. The lowest BCUT2D eigenvalue weighted by Crippen LogP contribution is -2.26. The van der Waals surface area contributed by atoms with Crippen molar-refractivity contribution in [2.75, 3.05) is 0 Å². The van der Waals surface area contributed by atoms with Gasteiger partial charge in [-0.25, -0.2) is 0 Å². The van der Waals surface area contributed by atoms with Gasteiger partial charge in [0.05, 0.1) is 0 Å². The van der Waals surface area contributed by atoms with Crippen molar-refractivity contribution in [1.82, 2.24) is 0 Å². The smallest absolute Gasteiger partial charge is 0.00672 e. The van der Waals surface area contributed by atoms with Gasteiger partial charge in [0.25, 0.3) is 0 Å². The van der Waals surface area contributed by atoms with Gasteiger partial charge in [-0.3, -0.25) is 0 Å². The Kier molecular flexibility index (Phi) is 3.43. The van der Waals surface area contributed by atoms with E-state index in [0.717, 1.165) is 17.8 Å². The molecule has 4 atom stereocenters. The van der Waals surface area contributed by atoms with Crippen LogP contribution < -0.4 is 5.73 Å². The van der Waals surface area contributed by atoms with E-state index >= 15 is 0 Å². The molecule has 0 aromatic heterocycles. The molecule has 1 fully saturated rings. The molecule has 1 aromatic carbocycles. The van der Waals surface area contributed by atoms with Crippen LogP contribution in [0.1, 0.15) is 56.1 Å². The number of aryl methyl sites for hydroxylation is 1. The molecule has 2 N–H and O–H groups in total. The second-order valence-electron chi connectivity index (χ2n) is 6.38. The average molecular weight is 243 g/mol. The summed E-state index contributed by atoms with van der Waals surface area (Å²) in [5.41, 5.74) is 9.40. The molecule has 0 bridgehead atoms. The number of nitrogens with two attached hydrogens (primary N) is 1. The van der Waals surface area contributed by atoms with E-state index in [0.29, 0.717) is 6.04 Å². The maximum absolute atomic E-state index is 6.17. The Labute approximate surface area is 111 Å². The van der Waals surface area contributed by atoms with Gasteiger partial charge in [0.1, 0.15) is 0 Å². The summed E-state index contributed by atoms with van der Waals surface area (Å²) in [5.74, 6) is 2.38. The highest BCUT2D eigenvalue weighted by Gasteiger charge is 2.33. The van der Waals surface area contributed by atoms with Gasteiger partial charge < -0.3 is 5.73 Å². The van der Waals surface area contributed by atoms with Crippen molar-refractivity contribution in [2.24, 2.45) is 17.6 Å². The summed E-state index contributed by atoms with van der Waals surface area (Å²) in [6, 6.07) is 9.54. The highest BCUT2D eigenvalue weighted by Crippen LogP contribution is 2.42. The second-order valence-corrected chi connectivity index (χ2v) is 6.38. The zero-order valence-corrected chi connectivity index (χ0v) is 11.4. The molecule has 98 valence electrons. The van der Waals surface area contributed by atoms with Crippen LogP contribution in [0.2, 0.25) is 0 Å². The monoisotopic (exact) mass is 243 g/mol. The molecule has 3 rings (SSSR count). The van der Waals surface area contributed by atoms with Crippen molar-refractivity contribution in [2.45, 2.75) is 57.4 Å². The third-order valence-corrected chi connectivity index (χ3v) is 5.37. The zero-order valence-electron chi connectivity index (χ0n) is 11.4. The Hall–Kier alpha value is -0.820. The number of hydrogen-bond donors (Lipinski definition) is 1. The topological polar surface area (TPSA) is 26.0 Å². The zero-order chi connectivity index (χ0) is 12.5. The average Bonchev–Trinajstić information content (AvgIpc) is 2.71. The minimum absolute atomic E-state index is 0.453. The third kappa shape index (κ3) is 2.21. The fourth-order valence-corrected chi connectivity index (χ4v) is 4.08. The second kappa shape index (κ2) is 5.05. The van der Waals surface area contributed by atoms with Crippen LogP contribution in [0.25, 0.3) is 0 Å². The molecule has 1 aromatic rings. The summed E-state index contributed by atoms with van der Waals surface area (Å²) in [6.07, 6.45) is 7.99. The molecule has 0 spiro atoms. The fourth-order valence-electron chi connectivity index (χ4n) is 4.08. The predicted octanol–water partition coefficient (Wildman–Crippen LogP) is 3.87. The van der Waals surface area contributed by atoms with Crippen molar-refractivity contribution in [1.29, 1.82) is 0 Å². The summed E-state index contributed by atoms with van der Waals surface area (Å²) >= 11 is 0. The largest absolute Gasteiger partial charge is 0.327 e.